The molecule has 0 aliphatic rings. The summed E-state index contributed by atoms with van der Waals surface area (Å²) in [5, 5.41) is 15.1. The molecule has 0 fully saturated rings. The SMILES string of the molecule is COCC(C)CNCc1ccccc1C(N)=NO. The van der Waals surface area contributed by atoms with E-state index in [1.165, 1.54) is 0 Å². The molecule has 0 aromatic heterocycles. The van der Waals surface area contributed by atoms with E-state index in [-0.39, 0.29) is 5.84 Å². The lowest BCUT2D eigenvalue weighted by atomic mass is 10.1. The molecule has 1 atom stereocenters. The van der Waals surface area contributed by atoms with Crippen LogP contribution in [0, 0.1) is 5.92 Å². The first-order valence-corrected chi connectivity index (χ1v) is 5.94. The van der Waals surface area contributed by atoms with Crippen LogP contribution in [0.3, 0.4) is 0 Å². The fraction of sp³-hybridized carbons (Fsp3) is 0.462. The minimum absolute atomic E-state index is 0.136. The third kappa shape index (κ3) is 4.35. The first-order chi connectivity index (χ1) is 8.69. The first-order valence-electron chi connectivity index (χ1n) is 5.94. The van der Waals surface area contributed by atoms with Gasteiger partial charge in [0.1, 0.15) is 0 Å². The van der Waals surface area contributed by atoms with Gasteiger partial charge in [-0.3, -0.25) is 0 Å². The van der Waals surface area contributed by atoms with E-state index in [1.807, 2.05) is 24.3 Å². The standard InChI is InChI=1S/C13H21N3O2/c1-10(9-18-2)7-15-8-11-5-3-4-6-12(11)13(14)16-17/h3-6,10,15,17H,7-9H2,1-2H3,(H2,14,16). The predicted molar refractivity (Wildman–Crippen MR) is 71.7 cm³/mol. The molecule has 1 rings (SSSR count). The summed E-state index contributed by atoms with van der Waals surface area (Å²) in [7, 11) is 1.70. The van der Waals surface area contributed by atoms with Crippen molar-refractivity contribution in [2.24, 2.45) is 16.8 Å². The zero-order chi connectivity index (χ0) is 13.4. The molecule has 5 heteroatoms. The van der Waals surface area contributed by atoms with Crippen LogP contribution in [-0.4, -0.2) is 31.3 Å². The number of nitrogens with zero attached hydrogens (tertiary/aromatic N) is 1. The fourth-order valence-corrected chi connectivity index (χ4v) is 1.77. The van der Waals surface area contributed by atoms with E-state index in [0.29, 0.717) is 12.5 Å². The van der Waals surface area contributed by atoms with Crippen LogP contribution < -0.4 is 11.1 Å². The van der Waals surface area contributed by atoms with Gasteiger partial charge in [0.15, 0.2) is 5.84 Å². The van der Waals surface area contributed by atoms with Crippen molar-refractivity contribution in [3.63, 3.8) is 0 Å². The van der Waals surface area contributed by atoms with Crippen molar-refractivity contribution in [2.75, 3.05) is 20.3 Å². The molecule has 0 aliphatic carbocycles. The molecule has 4 N–H and O–H groups in total. The number of ether oxygens (including phenoxy) is 1. The third-order valence-electron chi connectivity index (χ3n) is 2.66. The number of amidine groups is 1. The molecule has 18 heavy (non-hydrogen) atoms. The summed E-state index contributed by atoms with van der Waals surface area (Å²) in [6.07, 6.45) is 0. The van der Waals surface area contributed by atoms with Gasteiger partial charge in [0, 0.05) is 32.4 Å². The van der Waals surface area contributed by atoms with Crippen LogP contribution in [0.5, 0.6) is 0 Å². The highest BCUT2D eigenvalue weighted by Gasteiger charge is 2.06. The lowest BCUT2D eigenvalue weighted by Crippen LogP contribution is -2.25. The van der Waals surface area contributed by atoms with E-state index in [4.69, 9.17) is 15.7 Å². The number of methoxy groups -OCH3 is 1. The monoisotopic (exact) mass is 251 g/mol. The van der Waals surface area contributed by atoms with Crippen LogP contribution in [0.1, 0.15) is 18.1 Å². The molecule has 0 heterocycles. The zero-order valence-electron chi connectivity index (χ0n) is 10.9. The maximum atomic E-state index is 8.72. The van der Waals surface area contributed by atoms with Gasteiger partial charge in [-0.1, -0.05) is 36.3 Å². The molecule has 0 saturated heterocycles. The molecule has 1 aromatic rings. The highest BCUT2D eigenvalue weighted by atomic mass is 16.5. The van der Waals surface area contributed by atoms with Crippen molar-refractivity contribution in [3.8, 4) is 0 Å². The summed E-state index contributed by atoms with van der Waals surface area (Å²) in [6, 6.07) is 7.60. The Morgan fingerprint density at radius 3 is 2.89 bits per heavy atom. The molecule has 5 nitrogen and oxygen atoms in total. The second kappa shape index (κ2) is 7.68. The van der Waals surface area contributed by atoms with Gasteiger partial charge in [0.2, 0.25) is 0 Å². The van der Waals surface area contributed by atoms with Gasteiger partial charge < -0.3 is 21.0 Å². The Labute approximate surface area is 108 Å². The van der Waals surface area contributed by atoms with E-state index >= 15 is 0 Å². The molecule has 0 bridgehead atoms. The van der Waals surface area contributed by atoms with Crippen LogP contribution >= 0.6 is 0 Å². The van der Waals surface area contributed by atoms with E-state index in [9.17, 15) is 0 Å². The first kappa shape index (κ1) is 14.5. The van der Waals surface area contributed by atoms with Crippen molar-refractivity contribution in [1.29, 1.82) is 0 Å². The van der Waals surface area contributed by atoms with E-state index in [0.717, 1.165) is 24.3 Å². The Morgan fingerprint density at radius 2 is 2.22 bits per heavy atom. The number of hydrogen-bond donors (Lipinski definition) is 3. The number of nitrogens with two attached hydrogens (primary N) is 1. The largest absolute Gasteiger partial charge is 0.409 e. The number of nitrogens with one attached hydrogen (secondary N) is 1. The maximum Gasteiger partial charge on any atom is 0.170 e. The van der Waals surface area contributed by atoms with E-state index in [1.54, 1.807) is 7.11 Å². The Morgan fingerprint density at radius 1 is 1.50 bits per heavy atom. The molecule has 0 aliphatic heterocycles. The lowest BCUT2D eigenvalue weighted by molar-refractivity contribution is 0.158. The average molecular weight is 251 g/mol. The predicted octanol–water partition coefficient (Wildman–Crippen LogP) is 1.15. The highest BCUT2D eigenvalue weighted by molar-refractivity contribution is 5.98. The molecular formula is C13H21N3O2. The summed E-state index contributed by atoms with van der Waals surface area (Å²) in [6.45, 7) is 4.39. The summed E-state index contributed by atoms with van der Waals surface area (Å²) in [4.78, 5) is 0. The van der Waals surface area contributed by atoms with Crippen molar-refractivity contribution >= 4 is 5.84 Å². The third-order valence-corrected chi connectivity index (χ3v) is 2.66. The number of oxime groups is 1. The Hall–Kier alpha value is -1.59. The van der Waals surface area contributed by atoms with Gasteiger partial charge in [-0.15, -0.1) is 0 Å². The Kier molecular flexibility index (Phi) is 6.18. The molecule has 100 valence electrons. The molecular weight excluding hydrogens is 230 g/mol. The lowest BCUT2D eigenvalue weighted by Gasteiger charge is -2.13. The van der Waals surface area contributed by atoms with Gasteiger partial charge in [-0.25, -0.2) is 0 Å². The van der Waals surface area contributed by atoms with Crippen LogP contribution in [-0.2, 0) is 11.3 Å². The topological polar surface area (TPSA) is 79.9 Å². The summed E-state index contributed by atoms with van der Waals surface area (Å²) < 4.78 is 5.07. The summed E-state index contributed by atoms with van der Waals surface area (Å²) in [5.74, 6) is 0.586. The number of rotatable bonds is 7. The maximum absolute atomic E-state index is 8.72. The molecule has 0 radical (unpaired) electrons. The van der Waals surface area contributed by atoms with Gasteiger partial charge >= 0.3 is 0 Å². The quantitative estimate of drug-likeness (QED) is 0.294. The van der Waals surface area contributed by atoms with Crippen molar-refractivity contribution in [2.45, 2.75) is 13.5 Å². The van der Waals surface area contributed by atoms with Crippen molar-refractivity contribution < 1.29 is 9.94 Å². The molecule has 0 amide bonds. The Bertz CT molecular complexity index is 394. The summed E-state index contributed by atoms with van der Waals surface area (Å²) >= 11 is 0. The number of benzene rings is 1. The minimum atomic E-state index is 0.136. The fourth-order valence-electron chi connectivity index (χ4n) is 1.77. The molecule has 1 unspecified atom stereocenters. The highest BCUT2D eigenvalue weighted by Crippen LogP contribution is 2.08. The number of hydrogen-bond acceptors (Lipinski definition) is 4. The van der Waals surface area contributed by atoms with Crippen LogP contribution in [0.15, 0.2) is 29.4 Å². The van der Waals surface area contributed by atoms with Crippen molar-refractivity contribution in [3.05, 3.63) is 35.4 Å². The Balaban J connectivity index is 2.57. The molecule has 0 saturated carbocycles. The van der Waals surface area contributed by atoms with Gasteiger partial charge in [0.05, 0.1) is 0 Å². The molecule has 0 spiro atoms. The smallest absolute Gasteiger partial charge is 0.170 e. The van der Waals surface area contributed by atoms with Crippen molar-refractivity contribution in [1.82, 2.24) is 5.32 Å². The van der Waals surface area contributed by atoms with Gasteiger partial charge in [-0.2, -0.15) is 0 Å². The summed E-state index contributed by atoms with van der Waals surface area (Å²) in [5.41, 5.74) is 7.39. The van der Waals surface area contributed by atoms with Crippen LogP contribution in [0.2, 0.25) is 0 Å². The second-order valence-corrected chi connectivity index (χ2v) is 4.33. The van der Waals surface area contributed by atoms with Gasteiger partial charge in [0.25, 0.3) is 0 Å². The zero-order valence-corrected chi connectivity index (χ0v) is 10.9. The van der Waals surface area contributed by atoms with Gasteiger partial charge in [-0.05, 0) is 11.5 Å². The van der Waals surface area contributed by atoms with Crippen LogP contribution in [0.25, 0.3) is 0 Å². The van der Waals surface area contributed by atoms with E-state index < -0.39 is 0 Å². The molecule has 1 aromatic carbocycles. The minimum Gasteiger partial charge on any atom is -0.409 e. The van der Waals surface area contributed by atoms with Crippen LogP contribution in [0.4, 0.5) is 0 Å². The van der Waals surface area contributed by atoms with E-state index in [2.05, 4.69) is 17.4 Å². The average Bonchev–Trinajstić information content (AvgIpc) is 2.39. The normalized spacial score (nSPS) is 13.6. The second-order valence-electron chi connectivity index (χ2n) is 4.33.